The summed E-state index contributed by atoms with van der Waals surface area (Å²) in [7, 11) is -3.62. The molecule has 2 N–H and O–H groups in total. The average Bonchev–Trinajstić information content (AvgIpc) is 3.24. The second-order valence-corrected chi connectivity index (χ2v) is 11.5. The number of rotatable bonds is 9. The number of aryl methyl sites for hydroxylation is 1. The number of tetrazole rings is 1. The van der Waals surface area contributed by atoms with Gasteiger partial charge in [-0.3, -0.25) is 0 Å². The van der Waals surface area contributed by atoms with Gasteiger partial charge in [0, 0.05) is 17.5 Å². The van der Waals surface area contributed by atoms with Crippen molar-refractivity contribution >= 4 is 21.6 Å². The van der Waals surface area contributed by atoms with Crippen LogP contribution in [-0.2, 0) is 16.4 Å². The van der Waals surface area contributed by atoms with E-state index in [2.05, 4.69) is 51.3 Å². The first-order valence-electron chi connectivity index (χ1n) is 10.9. The lowest BCUT2D eigenvalue weighted by Crippen LogP contribution is -2.63. The van der Waals surface area contributed by atoms with Gasteiger partial charge in [0.25, 0.3) is 0 Å². The van der Waals surface area contributed by atoms with Crippen LogP contribution in [-0.4, -0.2) is 35.1 Å². The van der Waals surface area contributed by atoms with Crippen molar-refractivity contribution in [3.63, 3.8) is 0 Å². The zero-order valence-corrected chi connectivity index (χ0v) is 19.5. The van der Waals surface area contributed by atoms with E-state index in [0.717, 1.165) is 44.3 Å². The quantitative estimate of drug-likeness (QED) is 0.429. The number of aromatic nitrogens is 4. The molecule has 9 heteroatoms. The summed E-state index contributed by atoms with van der Waals surface area (Å²) in [6.07, 6.45) is 10.1. The molecule has 2 aromatic rings. The second kappa shape index (κ2) is 9.00. The molecule has 1 aromatic heterocycles. The number of halogens is 1. The first-order valence-corrected chi connectivity index (χ1v) is 12.8. The van der Waals surface area contributed by atoms with Crippen molar-refractivity contribution in [1.29, 1.82) is 0 Å². The van der Waals surface area contributed by atoms with Gasteiger partial charge in [0.2, 0.25) is 10.0 Å². The van der Waals surface area contributed by atoms with Crippen LogP contribution >= 0.6 is 11.6 Å². The van der Waals surface area contributed by atoms with Crippen molar-refractivity contribution in [2.75, 3.05) is 0 Å². The lowest BCUT2D eigenvalue weighted by atomic mass is 9.45. The fraction of sp³-hybridized carbons (Fsp3) is 0.591. The van der Waals surface area contributed by atoms with Gasteiger partial charge in [-0.15, -0.1) is 10.2 Å². The van der Waals surface area contributed by atoms with Crippen LogP contribution in [0.2, 0.25) is 5.02 Å². The molecule has 3 aliphatic carbocycles. The number of allylic oxidation sites excluding steroid dienone is 2. The van der Waals surface area contributed by atoms with Crippen molar-refractivity contribution in [3.8, 4) is 0 Å². The molecule has 7 nitrogen and oxygen atoms in total. The number of benzene rings is 1. The number of hydrogen-bond donors (Lipinski definition) is 2. The molecule has 3 fully saturated rings. The maximum Gasteiger partial charge on any atom is 0.240 e. The Kier molecular flexibility index (Phi) is 6.51. The number of nitrogens with zero attached hydrogens (tertiary/aromatic N) is 3. The summed E-state index contributed by atoms with van der Waals surface area (Å²) in [6.45, 7) is 4.55. The molecule has 0 spiro atoms. The molecular formula is C22H30ClN5O2S. The summed E-state index contributed by atoms with van der Waals surface area (Å²) in [6, 6.07) is 6.42. The first-order chi connectivity index (χ1) is 14.8. The normalized spacial score (nSPS) is 27.3. The Balaban J connectivity index is 1.40. The van der Waals surface area contributed by atoms with E-state index in [9.17, 15) is 8.42 Å². The fourth-order valence-corrected chi connectivity index (χ4v) is 6.91. The van der Waals surface area contributed by atoms with Gasteiger partial charge in [-0.25, -0.2) is 13.1 Å². The lowest BCUT2D eigenvalue weighted by molar-refractivity contribution is -0.108. The van der Waals surface area contributed by atoms with Gasteiger partial charge in [-0.2, -0.15) is 5.21 Å². The van der Waals surface area contributed by atoms with Gasteiger partial charge in [0.1, 0.15) is 0 Å². The molecule has 0 aliphatic heterocycles. The predicted molar refractivity (Wildman–Crippen MR) is 120 cm³/mol. The highest BCUT2D eigenvalue weighted by Gasteiger charge is 2.58. The molecule has 1 heterocycles. The highest BCUT2D eigenvalue weighted by atomic mass is 35.5. The Hall–Kier alpha value is -1.77. The lowest BCUT2D eigenvalue weighted by Gasteiger charge is -2.62. The van der Waals surface area contributed by atoms with Crippen molar-refractivity contribution in [2.24, 2.45) is 23.2 Å². The molecule has 0 amide bonds. The zero-order valence-electron chi connectivity index (χ0n) is 18.0. The first kappa shape index (κ1) is 22.4. The molecule has 0 unspecified atom stereocenters. The van der Waals surface area contributed by atoms with E-state index in [1.807, 2.05) is 0 Å². The predicted octanol–water partition coefficient (Wildman–Crippen LogP) is 4.15. The zero-order chi connectivity index (χ0) is 22.1. The number of fused-ring (bicyclic) bond motifs is 2. The van der Waals surface area contributed by atoms with Gasteiger partial charge in [-0.1, -0.05) is 48.9 Å². The van der Waals surface area contributed by atoms with E-state index in [1.165, 1.54) is 6.07 Å². The Bertz CT molecular complexity index is 1020. The molecule has 0 saturated heterocycles. The third-order valence-corrected chi connectivity index (χ3v) is 8.93. The topological polar surface area (TPSA) is 101 Å². The highest BCUT2D eigenvalue weighted by molar-refractivity contribution is 7.89. The fourth-order valence-electron chi connectivity index (χ4n) is 5.26. The van der Waals surface area contributed by atoms with E-state index in [0.29, 0.717) is 22.8 Å². The Morgan fingerprint density at radius 1 is 1.29 bits per heavy atom. The molecule has 5 rings (SSSR count). The van der Waals surface area contributed by atoms with Crippen LogP contribution in [0.25, 0.3) is 0 Å². The molecule has 3 aliphatic rings. The molecule has 2 bridgehead atoms. The van der Waals surface area contributed by atoms with Crippen molar-refractivity contribution in [3.05, 3.63) is 47.3 Å². The number of unbranched alkanes of at least 4 members (excludes halogenated alkanes) is 1. The summed E-state index contributed by atoms with van der Waals surface area (Å²) in [5.41, 5.74) is 0.173. The van der Waals surface area contributed by atoms with Crippen LogP contribution in [0.15, 0.2) is 41.3 Å². The number of nitrogens with one attached hydrogen (secondary N) is 2. The summed E-state index contributed by atoms with van der Waals surface area (Å²) in [5.74, 6) is 2.07. The molecule has 4 atom stereocenters. The minimum Gasteiger partial charge on any atom is -0.207 e. The van der Waals surface area contributed by atoms with Gasteiger partial charge < -0.3 is 0 Å². The Morgan fingerprint density at radius 2 is 2.13 bits per heavy atom. The summed E-state index contributed by atoms with van der Waals surface area (Å²) < 4.78 is 29.2. The smallest absolute Gasteiger partial charge is 0.207 e. The Morgan fingerprint density at radius 3 is 2.84 bits per heavy atom. The Labute approximate surface area is 189 Å². The van der Waals surface area contributed by atoms with Gasteiger partial charge in [0.15, 0.2) is 5.82 Å². The van der Waals surface area contributed by atoms with Crippen LogP contribution in [0.3, 0.4) is 0 Å². The van der Waals surface area contributed by atoms with Crippen molar-refractivity contribution < 1.29 is 8.42 Å². The van der Waals surface area contributed by atoms with E-state index >= 15 is 0 Å². The monoisotopic (exact) mass is 463 g/mol. The second-order valence-electron chi connectivity index (χ2n) is 9.39. The van der Waals surface area contributed by atoms with Gasteiger partial charge in [-0.05, 0) is 73.5 Å². The average molecular weight is 464 g/mol. The van der Waals surface area contributed by atoms with E-state index in [1.54, 1.807) is 18.2 Å². The molecule has 0 radical (unpaired) electrons. The van der Waals surface area contributed by atoms with Gasteiger partial charge in [0.05, 0.1) is 4.90 Å². The highest BCUT2D eigenvalue weighted by Crippen LogP contribution is 2.61. The van der Waals surface area contributed by atoms with Crippen LogP contribution in [0.4, 0.5) is 0 Å². The molecule has 168 valence electrons. The molecule has 1 aromatic carbocycles. The largest absolute Gasteiger partial charge is 0.240 e. The van der Waals surface area contributed by atoms with Crippen molar-refractivity contribution in [1.82, 2.24) is 25.3 Å². The van der Waals surface area contributed by atoms with Crippen LogP contribution in [0.5, 0.6) is 0 Å². The summed E-state index contributed by atoms with van der Waals surface area (Å²) >= 11 is 6.03. The van der Waals surface area contributed by atoms with Crippen LogP contribution in [0, 0.1) is 23.2 Å². The third kappa shape index (κ3) is 4.86. The number of sulfonamides is 1. The standard InChI is InChI=1S/C22H30ClN5O2S/c1-22(2)16-12-15(8-5-3-4-6-11-20-24-27-28-25-20)21(19(22)13-16)26-31(29,30)18-10-7-9-17(23)14-18/h3,5,7,9-10,14-16,19,21,26H,4,6,8,11-13H2,1-2H3,(H,24,25,27,28)/b5-3-/t15-,16-,19+,21+/m0/s1. The maximum atomic E-state index is 13.1. The maximum absolute atomic E-state index is 13.1. The summed E-state index contributed by atoms with van der Waals surface area (Å²) in [5, 5.41) is 14.4. The van der Waals surface area contributed by atoms with E-state index in [4.69, 9.17) is 11.6 Å². The van der Waals surface area contributed by atoms with Crippen LogP contribution < -0.4 is 4.72 Å². The van der Waals surface area contributed by atoms with Crippen LogP contribution in [0.1, 0.15) is 51.8 Å². The minimum absolute atomic E-state index is 0.0621. The SMILES string of the molecule is CC1(C)[C@H]2C[C@H](C/C=C\CCCc3nn[nH]n3)[C@@H](NS(=O)(=O)c3cccc(Cl)c3)[C@H]1C2. The molecular weight excluding hydrogens is 434 g/mol. The minimum atomic E-state index is -3.62. The third-order valence-electron chi connectivity index (χ3n) is 7.24. The van der Waals surface area contributed by atoms with E-state index < -0.39 is 10.0 Å². The molecule has 31 heavy (non-hydrogen) atoms. The van der Waals surface area contributed by atoms with Crippen molar-refractivity contribution in [2.45, 2.75) is 63.3 Å². The number of hydrogen-bond acceptors (Lipinski definition) is 5. The number of H-pyrrole nitrogens is 1. The van der Waals surface area contributed by atoms with Gasteiger partial charge >= 0.3 is 0 Å². The molecule has 3 saturated carbocycles. The van der Waals surface area contributed by atoms with E-state index in [-0.39, 0.29) is 16.4 Å². The number of aromatic amines is 1. The summed E-state index contributed by atoms with van der Waals surface area (Å²) in [4.78, 5) is 0.231.